The Kier molecular flexibility index (Phi) is 3.31. The molecule has 1 aromatic heterocycles. The lowest BCUT2D eigenvalue weighted by Crippen LogP contribution is -2.34. The van der Waals surface area contributed by atoms with E-state index in [0.29, 0.717) is 5.69 Å². The topological polar surface area (TPSA) is 81.3 Å². The molecule has 98 valence electrons. The molecule has 0 aliphatic carbocycles. The van der Waals surface area contributed by atoms with Crippen LogP contribution in [0.5, 0.6) is 0 Å². The van der Waals surface area contributed by atoms with Gasteiger partial charge in [0.1, 0.15) is 17.9 Å². The van der Waals surface area contributed by atoms with Crippen LogP contribution >= 0.6 is 0 Å². The van der Waals surface area contributed by atoms with Crippen LogP contribution in [0.4, 0.5) is 5.69 Å². The van der Waals surface area contributed by atoms with Crippen molar-refractivity contribution in [2.75, 3.05) is 13.1 Å². The van der Waals surface area contributed by atoms with Gasteiger partial charge in [0.05, 0.1) is 4.92 Å². The van der Waals surface area contributed by atoms with Crippen molar-refractivity contribution >= 4 is 11.6 Å². The van der Waals surface area contributed by atoms with Gasteiger partial charge in [-0.05, 0) is 26.7 Å². The molecular formula is C11H16N4O3. The van der Waals surface area contributed by atoms with Crippen molar-refractivity contribution in [3.8, 4) is 0 Å². The minimum Gasteiger partial charge on any atom is -0.341 e. The van der Waals surface area contributed by atoms with Gasteiger partial charge in [-0.2, -0.15) is 5.10 Å². The Bertz CT molecular complexity index is 477. The van der Waals surface area contributed by atoms with Crippen LogP contribution in [0.15, 0.2) is 6.20 Å². The molecule has 2 heterocycles. The van der Waals surface area contributed by atoms with Crippen LogP contribution in [-0.2, 0) is 4.79 Å². The van der Waals surface area contributed by atoms with Gasteiger partial charge < -0.3 is 4.90 Å². The third-order valence-electron chi connectivity index (χ3n) is 3.26. The van der Waals surface area contributed by atoms with Crippen LogP contribution in [-0.4, -0.2) is 38.6 Å². The maximum atomic E-state index is 12.1. The summed E-state index contributed by atoms with van der Waals surface area (Å²) in [5.74, 6) is -0.0232. The largest absolute Gasteiger partial charge is 0.341 e. The number of amides is 1. The summed E-state index contributed by atoms with van der Waals surface area (Å²) < 4.78 is 1.38. The van der Waals surface area contributed by atoms with E-state index < -0.39 is 11.0 Å². The molecule has 1 amide bonds. The third-order valence-corrected chi connectivity index (χ3v) is 3.26. The molecule has 1 aliphatic rings. The summed E-state index contributed by atoms with van der Waals surface area (Å²) in [4.78, 5) is 24.2. The van der Waals surface area contributed by atoms with E-state index in [-0.39, 0.29) is 11.6 Å². The lowest BCUT2D eigenvalue weighted by atomic mass is 10.3. The van der Waals surface area contributed by atoms with Gasteiger partial charge in [0, 0.05) is 13.1 Å². The Morgan fingerprint density at radius 2 is 2.11 bits per heavy atom. The van der Waals surface area contributed by atoms with Gasteiger partial charge in [-0.15, -0.1) is 0 Å². The van der Waals surface area contributed by atoms with E-state index in [1.807, 2.05) is 0 Å². The number of hydrogen-bond acceptors (Lipinski definition) is 4. The molecule has 1 fully saturated rings. The predicted octanol–water partition coefficient (Wildman–Crippen LogP) is 1.28. The van der Waals surface area contributed by atoms with Gasteiger partial charge in [0.2, 0.25) is 5.91 Å². The molecule has 0 aromatic carbocycles. The molecule has 0 radical (unpaired) electrons. The molecule has 7 nitrogen and oxygen atoms in total. The van der Waals surface area contributed by atoms with E-state index in [1.54, 1.807) is 18.7 Å². The maximum absolute atomic E-state index is 12.1. The standard InChI is InChI=1S/C11H16N4O3/c1-8-10(15(17)18)7-14(12-8)9(2)11(16)13-5-3-4-6-13/h7,9H,3-6H2,1-2H3/t9-/m1/s1. The number of likely N-dealkylation sites (tertiary alicyclic amines) is 1. The highest BCUT2D eigenvalue weighted by molar-refractivity contribution is 5.80. The zero-order valence-corrected chi connectivity index (χ0v) is 10.5. The summed E-state index contributed by atoms with van der Waals surface area (Å²) in [7, 11) is 0. The van der Waals surface area contributed by atoms with E-state index in [0.717, 1.165) is 25.9 Å². The Balaban J connectivity index is 2.17. The minimum absolute atomic E-state index is 0.0232. The van der Waals surface area contributed by atoms with Gasteiger partial charge in [-0.3, -0.25) is 19.6 Å². The van der Waals surface area contributed by atoms with Crippen molar-refractivity contribution in [3.63, 3.8) is 0 Å². The molecule has 0 bridgehead atoms. The Hall–Kier alpha value is -1.92. The Labute approximate surface area is 105 Å². The molecule has 0 saturated carbocycles. The van der Waals surface area contributed by atoms with E-state index in [1.165, 1.54) is 10.9 Å². The monoisotopic (exact) mass is 252 g/mol. The number of nitrogens with zero attached hydrogens (tertiary/aromatic N) is 4. The molecule has 0 N–H and O–H groups in total. The average Bonchev–Trinajstić information content (AvgIpc) is 2.95. The van der Waals surface area contributed by atoms with Crippen LogP contribution in [0.25, 0.3) is 0 Å². The van der Waals surface area contributed by atoms with Crippen molar-refractivity contribution in [2.45, 2.75) is 32.7 Å². The fourth-order valence-electron chi connectivity index (χ4n) is 2.16. The number of carbonyl (C=O) groups is 1. The number of aromatic nitrogens is 2. The second-order valence-electron chi connectivity index (χ2n) is 4.55. The van der Waals surface area contributed by atoms with Crippen LogP contribution in [0, 0.1) is 17.0 Å². The Morgan fingerprint density at radius 3 is 2.61 bits per heavy atom. The smallest absolute Gasteiger partial charge is 0.309 e. The lowest BCUT2D eigenvalue weighted by molar-refractivity contribution is -0.385. The quantitative estimate of drug-likeness (QED) is 0.599. The van der Waals surface area contributed by atoms with Gasteiger partial charge in [0.25, 0.3) is 0 Å². The summed E-state index contributed by atoms with van der Waals surface area (Å²) in [5, 5.41) is 14.8. The minimum atomic E-state index is -0.490. The number of rotatable bonds is 3. The highest BCUT2D eigenvalue weighted by atomic mass is 16.6. The molecule has 0 unspecified atom stereocenters. The summed E-state index contributed by atoms with van der Waals surface area (Å²) in [6.45, 7) is 4.83. The molecular weight excluding hydrogens is 236 g/mol. The first-order chi connectivity index (χ1) is 8.50. The molecule has 2 rings (SSSR count). The van der Waals surface area contributed by atoms with Crippen LogP contribution < -0.4 is 0 Å². The first-order valence-corrected chi connectivity index (χ1v) is 5.99. The van der Waals surface area contributed by atoms with Gasteiger partial charge in [-0.25, -0.2) is 0 Å². The highest BCUT2D eigenvalue weighted by Crippen LogP contribution is 2.20. The molecule has 18 heavy (non-hydrogen) atoms. The SMILES string of the molecule is Cc1nn([C@H](C)C(=O)N2CCCC2)cc1[N+](=O)[O-]. The van der Waals surface area contributed by atoms with Crippen LogP contribution in [0.3, 0.4) is 0 Å². The first-order valence-electron chi connectivity index (χ1n) is 5.99. The second kappa shape index (κ2) is 4.75. The van der Waals surface area contributed by atoms with E-state index in [9.17, 15) is 14.9 Å². The normalized spacial score (nSPS) is 16.9. The molecule has 7 heteroatoms. The fraction of sp³-hybridized carbons (Fsp3) is 0.636. The van der Waals surface area contributed by atoms with Gasteiger partial charge in [-0.1, -0.05) is 0 Å². The summed E-state index contributed by atoms with van der Waals surface area (Å²) in [6, 6.07) is -0.490. The highest BCUT2D eigenvalue weighted by Gasteiger charge is 2.27. The first kappa shape index (κ1) is 12.5. The van der Waals surface area contributed by atoms with E-state index >= 15 is 0 Å². The average molecular weight is 252 g/mol. The summed E-state index contributed by atoms with van der Waals surface area (Å²) >= 11 is 0. The van der Waals surface area contributed by atoms with Crippen LogP contribution in [0.2, 0.25) is 0 Å². The van der Waals surface area contributed by atoms with Crippen molar-refractivity contribution < 1.29 is 9.72 Å². The maximum Gasteiger partial charge on any atom is 0.309 e. The number of nitro groups is 1. The van der Waals surface area contributed by atoms with Gasteiger partial charge >= 0.3 is 5.69 Å². The molecule has 1 aliphatic heterocycles. The fourth-order valence-corrected chi connectivity index (χ4v) is 2.16. The zero-order valence-electron chi connectivity index (χ0n) is 10.5. The van der Waals surface area contributed by atoms with Gasteiger partial charge in [0.15, 0.2) is 0 Å². The summed E-state index contributed by atoms with van der Waals surface area (Å²) in [5.41, 5.74) is 0.289. The predicted molar refractivity (Wildman–Crippen MR) is 64.1 cm³/mol. The third kappa shape index (κ3) is 2.20. The number of aryl methyl sites for hydroxylation is 1. The molecule has 1 atom stereocenters. The van der Waals surface area contributed by atoms with Crippen molar-refractivity contribution in [1.29, 1.82) is 0 Å². The van der Waals surface area contributed by atoms with Crippen molar-refractivity contribution in [3.05, 3.63) is 22.0 Å². The zero-order chi connectivity index (χ0) is 13.3. The molecule has 1 saturated heterocycles. The number of carbonyl (C=O) groups excluding carboxylic acids is 1. The van der Waals surface area contributed by atoms with Crippen LogP contribution in [0.1, 0.15) is 31.5 Å². The molecule has 0 spiro atoms. The van der Waals surface area contributed by atoms with Crippen molar-refractivity contribution in [2.24, 2.45) is 0 Å². The van der Waals surface area contributed by atoms with E-state index in [4.69, 9.17) is 0 Å². The Morgan fingerprint density at radius 1 is 1.50 bits per heavy atom. The summed E-state index contributed by atoms with van der Waals surface area (Å²) in [6.07, 6.45) is 3.38. The second-order valence-corrected chi connectivity index (χ2v) is 4.55. The molecule has 1 aromatic rings. The van der Waals surface area contributed by atoms with Crippen molar-refractivity contribution in [1.82, 2.24) is 14.7 Å². The lowest BCUT2D eigenvalue weighted by Gasteiger charge is -2.20. The number of hydrogen-bond donors (Lipinski definition) is 0. The van der Waals surface area contributed by atoms with E-state index in [2.05, 4.69) is 5.10 Å².